The Labute approximate surface area is 666 Å². The van der Waals surface area contributed by atoms with Crippen molar-refractivity contribution < 1.29 is 40.1 Å². The number of rotatable bonds is 0. The molecule has 0 radical (unpaired) electrons. The summed E-state index contributed by atoms with van der Waals surface area (Å²) in [5, 5.41) is 81.5. The van der Waals surface area contributed by atoms with E-state index in [1.54, 1.807) is 0 Å². The van der Waals surface area contributed by atoms with Crippen molar-refractivity contribution in [2.75, 3.05) is 0 Å². The minimum absolute atomic E-state index is 0.0563. The van der Waals surface area contributed by atoms with Crippen LogP contribution in [0.1, 0.15) is 311 Å². The van der Waals surface area contributed by atoms with Gasteiger partial charge in [0, 0.05) is 62.1 Å². The highest BCUT2D eigenvalue weighted by atomic mass is 16.5. The smallest absolute Gasteiger partial charge is 0.130 e. The number of fused-ring (bicyclic) bond motifs is 14. The number of aromatic nitrogens is 2. The van der Waals surface area contributed by atoms with Gasteiger partial charge in [-0.3, -0.25) is 0 Å². The molecule has 9 aromatic carbocycles. The molecule has 10 nitrogen and oxygen atoms in total. The molecule has 18 bridgehead atoms. The molecule has 112 heavy (non-hydrogen) atoms. The SMILES string of the molecule is CC(C)(C)c1cc2c(O)c(c1)Cc1cc(C(C)(C)C)cc(c1O)Cc1cc(C(C)(C)C)cc3c1OCc1ccc4ccc5ccc(nc5c4n1)COc1c(cc(C(C)(C)C)cc1Cc1cc(C(C)(C)C)cc(c1O)Cc1cc(C(C)(C)C)cc(c1O)Cc1cc(C(C)(C)C)cc(c1O)C3)Cc1cc(C(C)(C)C)cc(c1O)C2. The van der Waals surface area contributed by atoms with Crippen molar-refractivity contribution in [3.05, 3.63) is 278 Å². The Kier molecular flexibility index (Phi) is 20.6. The molecule has 0 unspecified atom stereocenters. The molecule has 2 aromatic heterocycles. The molecule has 11 aromatic rings. The lowest BCUT2D eigenvalue weighted by molar-refractivity contribution is 0.295. The van der Waals surface area contributed by atoms with E-state index in [1.807, 2.05) is 12.1 Å². The third kappa shape index (κ3) is 16.7. The molecule has 0 spiro atoms. The molecular weight excluding hydrogens is 1380 g/mol. The zero-order chi connectivity index (χ0) is 81.4. The van der Waals surface area contributed by atoms with Gasteiger partial charge in [0.05, 0.1) is 22.4 Å². The lowest BCUT2D eigenvalue weighted by Gasteiger charge is -2.27. The first-order chi connectivity index (χ1) is 51.9. The molecule has 6 N–H and O–H groups in total. The predicted octanol–water partition coefficient (Wildman–Crippen LogP) is 23.9. The number of aromatic hydroxyl groups is 6. The van der Waals surface area contributed by atoms with Crippen LogP contribution in [-0.2, 0) is 108 Å². The van der Waals surface area contributed by atoms with Crippen LogP contribution < -0.4 is 9.47 Å². The summed E-state index contributed by atoms with van der Waals surface area (Å²) in [4.78, 5) is 10.9. The third-order valence-corrected chi connectivity index (χ3v) is 23.4. The molecular formula is C102H120N2O8. The number of benzene rings is 9. The fraction of sp³-hybridized carbons (Fsp3) is 0.412. The average molecular weight is 1500 g/mol. The normalized spacial score (nSPS) is 14.4. The fourth-order valence-electron chi connectivity index (χ4n) is 16.0. The Bertz CT molecular complexity index is 4980. The third-order valence-electron chi connectivity index (χ3n) is 23.4. The van der Waals surface area contributed by atoms with Crippen molar-refractivity contribution in [3.8, 4) is 46.0 Å². The molecule has 2 aliphatic rings. The van der Waals surface area contributed by atoms with E-state index in [9.17, 15) is 30.6 Å². The molecule has 586 valence electrons. The maximum atomic E-state index is 13.3. The standard InChI is InChI=1S/C102H120N2O8/c1-95(2,3)75-39-59-31-63-43-77(97(7,8)9)47-67(89(63)107)35-71-51-81(101(19,20)21)53-73-37-69-49-79(99(13,14)15)45-65(91(69)109)33-61-41-76(96(4,5)6)42-62(88(61)106)34-66-46-80(100(16,17)18)50-70(92(66)110)38-74-54-82(102(22,23)24)52-72(36-68-48-78(98(10,11)12)44-64(90(68)108)32-60(40-75)87(59)105)94(74)112-56-84-30-28-58-26-25-57-27-29-83(55-111-93(71)73)103-85(57)86(58)104-84/h25-30,39-54,105-110H,31-38,55-56H2,1-24H3. The molecule has 10 heteroatoms. The van der Waals surface area contributed by atoms with E-state index in [2.05, 4.69) is 287 Å². The Morgan fingerprint density at radius 3 is 0.518 bits per heavy atom. The molecule has 0 atom stereocenters. The maximum Gasteiger partial charge on any atom is 0.130 e. The lowest BCUT2D eigenvalue weighted by Crippen LogP contribution is -2.16. The minimum Gasteiger partial charge on any atom is -0.507 e. The van der Waals surface area contributed by atoms with Gasteiger partial charge in [0.25, 0.3) is 0 Å². The van der Waals surface area contributed by atoms with Crippen LogP contribution in [-0.4, -0.2) is 40.6 Å². The summed E-state index contributed by atoms with van der Waals surface area (Å²) in [5.41, 5.74) is 19.1. The van der Waals surface area contributed by atoms with E-state index in [-0.39, 0.29) is 132 Å². The number of phenolic OH excluding ortho intramolecular Hbond substituents is 6. The summed E-state index contributed by atoms with van der Waals surface area (Å²) in [5.74, 6) is 1.86. The van der Waals surface area contributed by atoms with Crippen LogP contribution in [0.25, 0.3) is 21.8 Å². The van der Waals surface area contributed by atoms with Crippen molar-refractivity contribution in [3.63, 3.8) is 0 Å². The highest BCUT2D eigenvalue weighted by Gasteiger charge is 2.33. The number of ether oxygens (including phenoxy) is 2. The van der Waals surface area contributed by atoms with E-state index in [1.165, 1.54) is 0 Å². The van der Waals surface area contributed by atoms with Gasteiger partial charge in [-0.25, -0.2) is 9.97 Å². The molecule has 0 fully saturated rings. The fourth-order valence-corrected chi connectivity index (χ4v) is 16.0. The zero-order valence-electron chi connectivity index (χ0n) is 71.2. The average Bonchev–Trinajstić information content (AvgIpc) is 0.786. The monoisotopic (exact) mass is 1500 g/mol. The number of hydrogen-bond acceptors (Lipinski definition) is 10. The highest BCUT2D eigenvalue weighted by molar-refractivity contribution is 6.02. The Morgan fingerprint density at radius 1 is 0.214 bits per heavy atom. The number of phenols is 6. The van der Waals surface area contributed by atoms with Crippen LogP contribution in [0, 0.1) is 0 Å². The first kappa shape index (κ1) is 80.3. The summed E-state index contributed by atoms with van der Waals surface area (Å²) in [6, 6.07) is 46.5. The van der Waals surface area contributed by atoms with E-state index in [4.69, 9.17) is 19.4 Å². The second-order valence-electron chi connectivity index (χ2n) is 40.9. The summed E-state index contributed by atoms with van der Waals surface area (Å²) in [6.07, 6.45) is 1.77. The van der Waals surface area contributed by atoms with Crippen molar-refractivity contribution in [1.29, 1.82) is 0 Å². The number of nitrogens with zero attached hydrogens (tertiary/aromatic N) is 2. The van der Waals surface area contributed by atoms with Crippen molar-refractivity contribution in [2.45, 2.75) is 274 Å². The first-order valence-corrected chi connectivity index (χ1v) is 40.3. The van der Waals surface area contributed by atoms with Gasteiger partial charge in [0.15, 0.2) is 0 Å². The maximum absolute atomic E-state index is 13.3. The van der Waals surface area contributed by atoms with E-state index in [0.717, 1.165) is 77.5 Å². The van der Waals surface area contributed by atoms with Gasteiger partial charge in [-0.2, -0.15) is 0 Å². The van der Waals surface area contributed by atoms with Crippen LogP contribution in [0.2, 0.25) is 0 Å². The van der Waals surface area contributed by atoms with E-state index >= 15 is 0 Å². The molecule has 0 amide bonds. The zero-order valence-corrected chi connectivity index (χ0v) is 71.2. The molecule has 0 aliphatic carbocycles. The van der Waals surface area contributed by atoms with Gasteiger partial charge in [-0.15, -0.1) is 0 Å². The van der Waals surface area contributed by atoms with Gasteiger partial charge in [-0.05, 0) is 189 Å². The van der Waals surface area contributed by atoms with Crippen molar-refractivity contribution >= 4 is 21.8 Å². The van der Waals surface area contributed by atoms with Crippen molar-refractivity contribution in [1.82, 2.24) is 9.97 Å². The van der Waals surface area contributed by atoms with Crippen LogP contribution in [0.3, 0.4) is 0 Å². The molecule has 0 saturated heterocycles. The molecule has 13 rings (SSSR count). The largest absolute Gasteiger partial charge is 0.507 e. The quantitative estimate of drug-likeness (QED) is 0.0805. The lowest BCUT2D eigenvalue weighted by atomic mass is 9.79. The summed E-state index contributed by atoms with van der Waals surface area (Å²) >= 11 is 0. The number of pyridine rings is 2. The minimum atomic E-state index is -0.392. The van der Waals surface area contributed by atoms with E-state index in [0.29, 0.717) is 101 Å². The number of hydrogen-bond donors (Lipinski definition) is 6. The topological polar surface area (TPSA) is 166 Å². The first-order valence-electron chi connectivity index (χ1n) is 40.3. The Morgan fingerprint density at radius 2 is 0.357 bits per heavy atom. The molecule has 2 aliphatic heterocycles. The van der Waals surface area contributed by atoms with Crippen LogP contribution in [0.4, 0.5) is 0 Å². The summed E-state index contributed by atoms with van der Waals surface area (Å²) in [7, 11) is 0. The van der Waals surface area contributed by atoms with E-state index < -0.39 is 10.8 Å². The second-order valence-corrected chi connectivity index (χ2v) is 40.9. The van der Waals surface area contributed by atoms with Crippen LogP contribution in [0.5, 0.6) is 46.0 Å². The van der Waals surface area contributed by atoms with Crippen LogP contribution >= 0.6 is 0 Å². The van der Waals surface area contributed by atoms with Gasteiger partial charge in [0.2, 0.25) is 0 Å². The van der Waals surface area contributed by atoms with Gasteiger partial charge in [-0.1, -0.05) is 287 Å². The van der Waals surface area contributed by atoms with Gasteiger partial charge >= 0.3 is 0 Å². The van der Waals surface area contributed by atoms with Gasteiger partial charge < -0.3 is 40.1 Å². The second kappa shape index (κ2) is 28.7. The van der Waals surface area contributed by atoms with Crippen molar-refractivity contribution in [2.24, 2.45) is 0 Å². The highest BCUT2D eigenvalue weighted by Crippen LogP contribution is 2.48. The van der Waals surface area contributed by atoms with Gasteiger partial charge in [0.1, 0.15) is 59.2 Å². The molecule has 4 heterocycles. The molecule has 0 saturated carbocycles. The summed E-state index contributed by atoms with van der Waals surface area (Å²) < 4.78 is 15.0. The Hall–Kier alpha value is -9.80. The Balaban J connectivity index is 1.17. The summed E-state index contributed by atoms with van der Waals surface area (Å²) in [6.45, 7) is 52.7. The van der Waals surface area contributed by atoms with Crippen LogP contribution in [0.15, 0.2) is 133 Å². The predicted molar refractivity (Wildman–Crippen MR) is 459 cm³/mol.